The van der Waals surface area contributed by atoms with Gasteiger partial charge in [-0.05, 0) is 26.3 Å². The predicted octanol–water partition coefficient (Wildman–Crippen LogP) is 3.32. The Labute approximate surface area is 122 Å². The van der Waals surface area contributed by atoms with Gasteiger partial charge in [0, 0.05) is 6.42 Å². The van der Waals surface area contributed by atoms with Crippen molar-refractivity contribution in [2.45, 2.75) is 39.7 Å². The topological polar surface area (TPSA) is 81.0 Å². The molecule has 0 fully saturated rings. The monoisotopic (exact) mass is 295 g/mol. The van der Waals surface area contributed by atoms with Gasteiger partial charge in [-0.15, -0.1) is 0 Å². The number of carbonyl (C=O) groups is 1. The first-order valence-corrected chi connectivity index (χ1v) is 6.99. The summed E-state index contributed by atoms with van der Waals surface area (Å²) in [6, 6.07) is 1.64. The number of aromatic amines is 1. The predicted molar refractivity (Wildman–Crippen MR) is 80.1 cm³/mol. The number of aryl methyl sites for hydroxylation is 1. The number of ether oxygens (including phenoxy) is 1. The number of H-pyrrole nitrogens is 1. The van der Waals surface area contributed by atoms with Crippen LogP contribution < -0.4 is 5.73 Å². The van der Waals surface area contributed by atoms with Crippen LogP contribution >= 0.6 is 11.6 Å². The van der Waals surface area contributed by atoms with Gasteiger partial charge in [-0.2, -0.15) is 0 Å². The number of anilines is 1. The third kappa shape index (κ3) is 2.72. The lowest BCUT2D eigenvalue weighted by Crippen LogP contribution is -2.12. The van der Waals surface area contributed by atoms with Crippen LogP contribution in [-0.2, 0) is 11.2 Å². The second-order valence-corrected chi connectivity index (χ2v) is 5.31. The first-order valence-electron chi connectivity index (χ1n) is 6.61. The molecular formula is C14H18ClN3O2. The van der Waals surface area contributed by atoms with Gasteiger partial charge in [0.05, 0.1) is 27.9 Å². The van der Waals surface area contributed by atoms with Gasteiger partial charge in [-0.3, -0.25) is 0 Å². The molecule has 0 aliphatic carbocycles. The standard InChI is InChI=1S/C14H18ClN3O2/c1-4-5-10-17-9-6-8(14(19)20-7(2)3)11(15)12(16)13(9)18-10/h6-7H,4-5,16H2,1-3H3,(H,17,18). The molecule has 5 nitrogen and oxygen atoms in total. The molecule has 1 heterocycles. The number of fused-ring (bicyclic) bond motifs is 1. The minimum Gasteiger partial charge on any atom is -0.459 e. The van der Waals surface area contributed by atoms with E-state index in [1.807, 2.05) is 0 Å². The second-order valence-electron chi connectivity index (χ2n) is 4.94. The molecule has 0 unspecified atom stereocenters. The molecule has 0 radical (unpaired) electrons. The van der Waals surface area contributed by atoms with Crippen molar-refractivity contribution in [3.05, 3.63) is 22.5 Å². The van der Waals surface area contributed by atoms with Gasteiger partial charge in [0.25, 0.3) is 0 Å². The third-order valence-electron chi connectivity index (χ3n) is 2.85. The van der Waals surface area contributed by atoms with Crippen molar-refractivity contribution < 1.29 is 9.53 Å². The van der Waals surface area contributed by atoms with E-state index in [-0.39, 0.29) is 16.7 Å². The highest BCUT2D eigenvalue weighted by molar-refractivity contribution is 6.37. The molecule has 0 atom stereocenters. The summed E-state index contributed by atoms with van der Waals surface area (Å²) in [5, 5.41) is 0.192. The summed E-state index contributed by atoms with van der Waals surface area (Å²) in [5.41, 5.74) is 7.84. The lowest BCUT2D eigenvalue weighted by molar-refractivity contribution is 0.0378. The molecule has 0 amide bonds. The van der Waals surface area contributed by atoms with Crippen LogP contribution in [0.15, 0.2) is 6.07 Å². The Morgan fingerprint density at radius 3 is 2.85 bits per heavy atom. The molecule has 3 N–H and O–H groups in total. The number of imidazole rings is 1. The van der Waals surface area contributed by atoms with Crippen LogP contribution in [-0.4, -0.2) is 22.0 Å². The molecule has 0 aliphatic heterocycles. The lowest BCUT2D eigenvalue weighted by Gasteiger charge is -2.10. The van der Waals surface area contributed by atoms with Gasteiger partial charge in [0.1, 0.15) is 11.3 Å². The Hall–Kier alpha value is -1.75. The van der Waals surface area contributed by atoms with Crippen molar-refractivity contribution in [2.75, 3.05) is 5.73 Å². The van der Waals surface area contributed by atoms with Crippen LogP contribution in [0.4, 0.5) is 5.69 Å². The van der Waals surface area contributed by atoms with Crippen LogP contribution in [0.2, 0.25) is 5.02 Å². The molecular weight excluding hydrogens is 278 g/mol. The van der Waals surface area contributed by atoms with Crippen LogP contribution in [0.3, 0.4) is 0 Å². The number of nitrogens with one attached hydrogen (secondary N) is 1. The van der Waals surface area contributed by atoms with E-state index in [4.69, 9.17) is 22.1 Å². The average Bonchev–Trinajstić information content (AvgIpc) is 2.76. The summed E-state index contributed by atoms with van der Waals surface area (Å²) in [7, 11) is 0. The molecule has 1 aromatic carbocycles. The van der Waals surface area contributed by atoms with Gasteiger partial charge in [-0.25, -0.2) is 9.78 Å². The summed E-state index contributed by atoms with van der Waals surface area (Å²) < 4.78 is 5.16. The zero-order valence-electron chi connectivity index (χ0n) is 11.8. The van der Waals surface area contributed by atoms with Gasteiger partial charge in [0.2, 0.25) is 0 Å². The number of benzene rings is 1. The Morgan fingerprint density at radius 2 is 2.25 bits per heavy atom. The smallest absolute Gasteiger partial charge is 0.340 e. The second kappa shape index (κ2) is 5.71. The van der Waals surface area contributed by atoms with Gasteiger partial charge in [0.15, 0.2) is 0 Å². The molecule has 1 aromatic heterocycles. The van der Waals surface area contributed by atoms with Crippen LogP contribution in [0.5, 0.6) is 0 Å². The van der Waals surface area contributed by atoms with Crippen LogP contribution in [0.1, 0.15) is 43.4 Å². The highest BCUT2D eigenvalue weighted by atomic mass is 35.5. The number of nitrogen functional groups attached to an aromatic ring is 1. The fourth-order valence-electron chi connectivity index (χ4n) is 1.99. The van der Waals surface area contributed by atoms with Gasteiger partial charge < -0.3 is 15.5 Å². The average molecular weight is 296 g/mol. The highest BCUT2D eigenvalue weighted by Gasteiger charge is 2.19. The minimum atomic E-state index is -0.481. The number of carbonyl (C=O) groups excluding carboxylic acids is 1. The quantitative estimate of drug-likeness (QED) is 0.670. The SMILES string of the molecule is CCCc1nc2c(N)c(Cl)c(C(=O)OC(C)C)cc2[nH]1. The minimum absolute atomic E-state index is 0.192. The first-order chi connectivity index (χ1) is 9.43. The van der Waals surface area contributed by atoms with E-state index in [0.717, 1.165) is 18.7 Å². The third-order valence-corrected chi connectivity index (χ3v) is 3.25. The molecule has 0 saturated heterocycles. The van der Waals surface area contributed by atoms with Gasteiger partial charge >= 0.3 is 5.97 Å². The maximum Gasteiger partial charge on any atom is 0.340 e. The van der Waals surface area contributed by atoms with E-state index in [9.17, 15) is 4.79 Å². The zero-order valence-corrected chi connectivity index (χ0v) is 12.5. The normalized spacial score (nSPS) is 11.2. The van der Waals surface area contributed by atoms with Crippen molar-refractivity contribution >= 4 is 34.3 Å². The fourth-order valence-corrected chi connectivity index (χ4v) is 2.21. The van der Waals surface area contributed by atoms with Crippen molar-refractivity contribution in [1.29, 1.82) is 0 Å². The first kappa shape index (κ1) is 14.7. The molecule has 2 aromatic rings. The molecule has 6 heteroatoms. The Kier molecular flexibility index (Phi) is 4.18. The number of aromatic nitrogens is 2. The molecule has 20 heavy (non-hydrogen) atoms. The number of hydrogen-bond acceptors (Lipinski definition) is 4. The van der Waals surface area contributed by atoms with Crippen molar-refractivity contribution in [2.24, 2.45) is 0 Å². The number of nitrogens with two attached hydrogens (primary N) is 1. The molecule has 0 bridgehead atoms. The Morgan fingerprint density at radius 1 is 1.55 bits per heavy atom. The molecule has 108 valence electrons. The van der Waals surface area contributed by atoms with E-state index >= 15 is 0 Å². The van der Waals surface area contributed by atoms with Crippen molar-refractivity contribution in [1.82, 2.24) is 9.97 Å². The number of halogens is 1. The highest BCUT2D eigenvalue weighted by Crippen LogP contribution is 2.31. The summed E-state index contributed by atoms with van der Waals surface area (Å²) in [6.45, 7) is 5.63. The number of esters is 1. The maximum atomic E-state index is 12.0. The van der Waals surface area contributed by atoms with E-state index in [1.54, 1.807) is 19.9 Å². The number of hydrogen-bond donors (Lipinski definition) is 2. The van der Waals surface area contributed by atoms with E-state index in [0.29, 0.717) is 16.7 Å². The molecule has 0 spiro atoms. The summed E-state index contributed by atoms with van der Waals surface area (Å²) >= 11 is 6.16. The summed E-state index contributed by atoms with van der Waals surface area (Å²) in [5.74, 6) is 0.352. The molecule has 0 saturated carbocycles. The molecule has 2 rings (SSSR count). The summed E-state index contributed by atoms with van der Waals surface area (Å²) in [4.78, 5) is 19.6. The Balaban J connectivity index is 2.51. The Bertz CT molecular complexity index is 649. The van der Waals surface area contributed by atoms with Crippen LogP contribution in [0.25, 0.3) is 11.0 Å². The summed E-state index contributed by atoms with van der Waals surface area (Å²) in [6.07, 6.45) is 1.57. The van der Waals surface area contributed by atoms with Crippen molar-refractivity contribution in [3.63, 3.8) is 0 Å². The number of rotatable bonds is 4. The fraction of sp³-hybridized carbons (Fsp3) is 0.429. The molecule has 0 aliphatic rings. The van der Waals surface area contributed by atoms with E-state index in [2.05, 4.69) is 16.9 Å². The largest absolute Gasteiger partial charge is 0.459 e. The van der Waals surface area contributed by atoms with E-state index < -0.39 is 5.97 Å². The van der Waals surface area contributed by atoms with Crippen molar-refractivity contribution in [3.8, 4) is 0 Å². The lowest BCUT2D eigenvalue weighted by atomic mass is 10.1. The van der Waals surface area contributed by atoms with Gasteiger partial charge in [-0.1, -0.05) is 18.5 Å². The zero-order chi connectivity index (χ0) is 14.9. The number of nitrogens with zero attached hydrogens (tertiary/aromatic N) is 1. The maximum absolute atomic E-state index is 12.0. The van der Waals surface area contributed by atoms with E-state index in [1.165, 1.54) is 0 Å². The van der Waals surface area contributed by atoms with Crippen LogP contribution in [0, 0.1) is 0 Å².